The van der Waals surface area contributed by atoms with Gasteiger partial charge in [-0.3, -0.25) is 0 Å². The molecule has 0 bridgehead atoms. The predicted molar refractivity (Wildman–Crippen MR) is 76.6 cm³/mol. The normalized spacial score (nSPS) is 20.9. The van der Waals surface area contributed by atoms with Crippen molar-refractivity contribution >= 4 is 23.5 Å². The van der Waals surface area contributed by atoms with E-state index in [1.54, 1.807) is 0 Å². The first-order valence-corrected chi connectivity index (χ1v) is 7.62. The molecule has 5 nitrogen and oxygen atoms in total. The number of aromatic nitrogens is 3. The van der Waals surface area contributed by atoms with E-state index in [-0.39, 0.29) is 5.28 Å². The van der Waals surface area contributed by atoms with Crippen LogP contribution in [0.5, 0.6) is 0 Å². The molecule has 1 aromatic rings. The van der Waals surface area contributed by atoms with E-state index in [1.807, 2.05) is 0 Å². The highest BCUT2D eigenvalue weighted by atomic mass is 35.5. The maximum atomic E-state index is 5.98. The van der Waals surface area contributed by atoms with Crippen LogP contribution in [-0.4, -0.2) is 27.0 Å². The van der Waals surface area contributed by atoms with E-state index in [4.69, 9.17) is 11.6 Å². The monoisotopic (exact) mass is 281 g/mol. The van der Waals surface area contributed by atoms with Gasteiger partial charge in [0.1, 0.15) is 0 Å². The fourth-order valence-electron chi connectivity index (χ4n) is 2.98. The van der Waals surface area contributed by atoms with Crippen LogP contribution in [0.25, 0.3) is 0 Å². The summed E-state index contributed by atoms with van der Waals surface area (Å²) in [4.78, 5) is 12.8. The highest BCUT2D eigenvalue weighted by Crippen LogP contribution is 2.23. The molecule has 104 valence electrons. The lowest BCUT2D eigenvalue weighted by Gasteiger charge is -2.15. The van der Waals surface area contributed by atoms with Crippen molar-refractivity contribution in [1.82, 2.24) is 15.0 Å². The van der Waals surface area contributed by atoms with Gasteiger partial charge >= 0.3 is 0 Å². The van der Waals surface area contributed by atoms with Gasteiger partial charge in [-0.25, -0.2) is 0 Å². The van der Waals surface area contributed by atoms with Crippen molar-refractivity contribution in [1.29, 1.82) is 0 Å². The molecule has 2 aliphatic rings. The number of nitrogens with one attached hydrogen (secondary N) is 2. The molecule has 0 atom stereocenters. The molecule has 2 aliphatic carbocycles. The molecule has 0 amide bonds. The summed E-state index contributed by atoms with van der Waals surface area (Å²) in [5.74, 6) is 1.21. The molecular weight excluding hydrogens is 262 g/mol. The fourth-order valence-corrected chi connectivity index (χ4v) is 3.14. The summed E-state index contributed by atoms with van der Waals surface area (Å²) in [7, 11) is 0. The van der Waals surface area contributed by atoms with Gasteiger partial charge in [0, 0.05) is 12.1 Å². The number of hydrogen-bond donors (Lipinski definition) is 2. The Labute approximate surface area is 118 Å². The topological polar surface area (TPSA) is 62.7 Å². The van der Waals surface area contributed by atoms with Gasteiger partial charge in [0.2, 0.25) is 17.2 Å². The molecule has 0 aromatic carbocycles. The third-order valence-electron chi connectivity index (χ3n) is 3.98. The zero-order valence-corrected chi connectivity index (χ0v) is 11.8. The van der Waals surface area contributed by atoms with Crippen LogP contribution in [0.1, 0.15) is 51.4 Å². The van der Waals surface area contributed by atoms with Crippen molar-refractivity contribution in [3.05, 3.63) is 5.28 Å². The Morgan fingerprint density at radius 1 is 0.737 bits per heavy atom. The van der Waals surface area contributed by atoms with E-state index in [0.717, 1.165) is 0 Å². The first-order chi connectivity index (χ1) is 9.29. The third kappa shape index (κ3) is 3.47. The molecule has 6 heteroatoms. The molecule has 2 saturated carbocycles. The van der Waals surface area contributed by atoms with Crippen LogP contribution in [0, 0.1) is 0 Å². The summed E-state index contributed by atoms with van der Waals surface area (Å²) in [5, 5.41) is 6.98. The van der Waals surface area contributed by atoms with Crippen LogP contribution >= 0.6 is 11.6 Å². The molecule has 1 aromatic heterocycles. The Balaban J connectivity index is 1.67. The highest BCUT2D eigenvalue weighted by Gasteiger charge is 2.19. The van der Waals surface area contributed by atoms with Crippen molar-refractivity contribution in [3.8, 4) is 0 Å². The minimum atomic E-state index is 0.260. The average molecular weight is 282 g/mol. The molecule has 2 N–H and O–H groups in total. The maximum Gasteiger partial charge on any atom is 0.229 e. The second-order valence-electron chi connectivity index (χ2n) is 5.50. The van der Waals surface area contributed by atoms with Crippen molar-refractivity contribution in [2.75, 3.05) is 10.6 Å². The van der Waals surface area contributed by atoms with Crippen molar-refractivity contribution in [3.63, 3.8) is 0 Å². The fraction of sp³-hybridized carbons (Fsp3) is 0.769. The Morgan fingerprint density at radius 3 is 1.58 bits per heavy atom. The Morgan fingerprint density at radius 2 is 1.16 bits per heavy atom. The van der Waals surface area contributed by atoms with Crippen molar-refractivity contribution in [2.45, 2.75) is 63.5 Å². The lowest BCUT2D eigenvalue weighted by molar-refractivity contribution is 0.730. The van der Waals surface area contributed by atoms with Crippen LogP contribution in [0.15, 0.2) is 0 Å². The summed E-state index contributed by atoms with van der Waals surface area (Å²) < 4.78 is 0. The van der Waals surface area contributed by atoms with Gasteiger partial charge in [-0.15, -0.1) is 0 Å². The van der Waals surface area contributed by atoms with Crippen LogP contribution in [-0.2, 0) is 0 Å². The lowest BCUT2D eigenvalue weighted by atomic mass is 10.2. The second kappa shape index (κ2) is 5.90. The minimum absolute atomic E-state index is 0.260. The van der Waals surface area contributed by atoms with Gasteiger partial charge in [0.05, 0.1) is 0 Å². The van der Waals surface area contributed by atoms with Crippen LogP contribution in [0.2, 0.25) is 5.28 Å². The summed E-state index contributed by atoms with van der Waals surface area (Å²) in [6, 6.07) is 0.968. The molecule has 2 fully saturated rings. The van der Waals surface area contributed by atoms with Crippen molar-refractivity contribution in [2.24, 2.45) is 0 Å². The molecule has 19 heavy (non-hydrogen) atoms. The molecule has 0 radical (unpaired) electrons. The highest BCUT2D eigenvalue weighted by molar-refractivity contribution is 6.28. The van der Waals surface area contributed by atoms with E-state index >= 15 is 0 Å². The van der Waals surface area contributed by atoms with E-state index in [9.17, 15) is 0 Å². The van der Waals surface area contributed by atoms with Gasteiger partial charge < -0.3 is 10.6 Å². The summed E-state index contributed by atoms with van der Waals surface area (Å²) in [5.41, 5.74) is 0. The Kier molecular flexibility index (Phi) is 4.01. The minimum Gasteiger partial charge on any atom is -0.351 e. The maximum absolute atomic E-state index is 5.98. The molecule has 3 rings (SSSR count). The van der Waals surface area contributed by atoms with Gasteiger partial charge in [0.25, 0.3) is 0 Å². The van der Waals surface area contributed by atoms with Crippen LogP contribution in [0.4, 0.5) is 11.9 Å². The Hall–Kier alpha value is -1.10. The van der Waals surface area contributed by atoms with Crippen LogP contribution < -0.4 is 10.6 Å². The molecule has 0 spiro atoms. The summed E-state index contributed by atoms with van der Waals surface area (Å²) >= 11 is 5.98. The predicted octanol–water partition coefficient (Wildman–Crippen LogP) is 3.23. The molecular formula is C13H20ClN5. The van der Waals surface area contributed by atoms with Gasteiger partial charge in [0.15, 0.2) is 0 Å². The summed E-state index contributed by atoms with van der Waals surface area (Å²) in [6.07, 6.45) is 9.88. The number of anilines is 2. The first kappa shape index (κ1) is 12.9. The molecule has 0 aliphatic heterocycles. The SMILES string of the molecule is Clc1nc(NC2CCCC2)nc(NC2CCCC2)n1. The second-order valence-corrected chi connectivity index (χ2v) is 5.84. The van der Waals surface area contributed by atoms with Crippen molar-refractivity contribution < 1.29 is 0 Å². The number of rotatable bonds is 4. The van der Waals surface area contributed by atoms with Gasteiger partial charge in [-0.1, -0.05) is 25.7 Å². The standard InChI is InChI=1S/C13H20ClN5/c14-11-17-12(15-9-5-1-2-6-9)19-13(18-11)16-10-7-3-4-8-10/h9-10H,1-8H2,(H2,15,16,17,18,19). The number of halogens is 1. The number of hydrogen-bond acceptors (Lipinski definition) is 5. The smallest absolute Gasteiger partial charge is 0.229 e. The molecule has 1 heterocycles. The van der Waals surface area contributed by atoms with E-state index in [1.165, 1.54) is 51.4 Å². The first-order valence-electron chi connectivity index (χ1n) is 7.24. The molecule has 0 unspecified atom stereocenters. The zero-order chi connectivity index (χ0) is 13.1. The zero-order valence-electron chi connectivity index (χ0n) is 11.0. The largest absolute Gasteiger partial charge is 0.351 e. The van der Waals surface area contributed by atoms with E-state index < -0.39 is 0 Å². The Bertz CT molecular complexity index is 391. The van der Waals surface area contributed by atoms with Crippen LogP contribution in [0.3, 0.4) is 0 Å². The third-order valence-corrected chi connectivity index (χ3v) is 4.15. The lowest BCUT2D eigenvalue weighted by Crippen LogP contribution is -2.20. The summed E-state index contributed by atoms with van der Waals surface area (Å²) in [6.45, 7) is 0. The molecule has 0 saturated heterocycles. The number of nitrogens with zero attached hydrogens (tertiary/aromatic N) is 3. The van der Waals surface area contributed by atoms with Gasteiger partial charge in [-0.05, 0) is 37.3 Å². The van der Waals surface area contributed by atoms with Gasteiger partial charge in [-0.2, -0.15) is 15.0 Å². The average Bonchev–Trinajstić information content (AvgIpc) is 3.01. The quantitative estimate of drug-likeness (QED) is 0.887. The van der Waals surface area contributed by atoms with E-state index in [0.29, 0.717) is 24.0 Å². The van der Waals surface area contributed by atoms with E-state index in [2.05, 4.69) is 25.6 Å².